The average molecular weight is 320 g/mol. The van der Waals surface area contributed by atoms with Gasteiger partial charge < -0.3 is 4.90 Å². The van der Waals surface area contributed by atoms with Gasteiger partial charge in [-0.25, -0.2) is 4.98 Å². The van der Waals surface area contributed by atoms with Crippen LogP contribution in [0.4, 0.5) is 5.82 Å². The largest absolute Gasteiger partial charge is 0.353 e. The summed E-state index contributed by atoms with van der Waals surface area (Å²) in [7, 11) is 0. The van der Waals surface area contributed by atoms with E-state index >= 15 is 0 Å². The van der Waals surface area contributed by atoms with Gasteiger partial charge >= 0.3 is 0 Å². The number of anilines is 1. The maximum atomic E-state index is 5.84. The quantitative estimate of drug-likeness (QED) is 0.784. The van der Waals surface area contributed by atoms with Crippen LogP contribution in [0.3, 0.4) is 0 Å². The molecule has 2 heterocycles. The monoisotopic (exact) mass is 318 g/mol. The van der Waals surface area contributed by atoms with Crippen molar-refractivity contribution in [1.29, 1.82) is 0 Å². The Labute approximate surface area is 115 Å². The molecule has 17 heavy (non-hydrogen) atoms. The van der Waals surface area contributed by atoms with Gasteiger partial charge in [0.15, 0.2) is 0 Å². The summed E-state index contributed by atoms with van der Waals surface area (Å²) in [4.78, 5) is 12.9. The SMILES string of the molecule is CC(C)N1CCN(c2nc(Cl)ncc2Br)CC1. The van der Waals surface area contributed by atoms with E-state index in [2.05, 4.69) is 49.5 Å². The number of halogens is 2. The highest BCUT2D eigenvalue weighted by Gasteiger charge is 2.21. The fourth-order valence-corrected chi connectivity index (χ4v) is 2.58. The number of hydrogen-bond acceptors (Lipinski definition) is 4. The van der Waals surface area contributed by atoms with Crippen molar-refractivity contribution in [3.05, 3.63) is 16.0 Å². The zero-order chi connectivity index (χ0) is 12.4. The van der Waals surface area contributed by atoms with Crippen molar-refractivity contribution in [1.82, 2.24) is 14.9 Å². The first-order valence-corrected chi connectivity index (χ1v) is 6.92. The predicted molar refractivity (Wildman–Crippen MR) is 73.7 cm³/mol. The van der Waals surface area contributed by atoms with Crippen molar-refractivity contribution in [3.63, 3.8) is 0 Å². The van der Waals surface area contributed by atoms with Gasteiger partial charge in [0.1, 0.15) is 5.82 Å². The second-order valence-electron chi connectivity index (χ2n) is 4.43. The van der Waals surface area contributed by atoms with E-state index in [0.717, 1.165) is 36.5 Å². The molecule has 0 atom stereocenters. The standard InChI is InChI=1S/C11H16BrClN4/c1-8(2)16-3-5-17(6-4-16)10-9(12)7-14-11(13)15-10/h7-8H,3-6H2,1-2H3. The minimum atomic E-state index is 0.300. The Bertz CT molecular complexity index is 391. The summed E-state index contributed by atoms with van der Waals surface area (Å²) in [6.07, 6.45) is 1.71. The lowest BCUT2D eigenvalue weighted by Gasteiger charge is -2.37. The van der Waals surface area contributed by atoms with Crippen LogP contribution in [0.1, 0.15) is 13.8 Å². The van der Waals surface area contributed by atoms with Crippen molar-refractivity contribution in [2.24, 2.45) is 0 Å². The molecule has 0 spiro atoms. The summed E-state index contributed by atoms with van der Waals surface area (Å²) in [5.41, 5.74) is 0. The van der Waals surface area contributed by atoms with Crippen molar-refractivity contribution in [3.8, 4) is 0 Å². The van der Waals surface area contributed by atoms with Crippen molar-refractivity contribution in [2.45, 2.75) is 19.9 Å². The smallest absolute Gasteiger partial charge is 0.224 e. The first kappa shape index (κ1) is 13.1. The Morgan fingerprint density at radius 3 is 2.53 bits per heavy atom. The van der Waals surface area contributed by atoms with E-state index in [1.165, 1.54) is 0 Å². The molecule has 94 valence electrons. The molecule has 1 aliphatic heterocycles. The molecule has 0 amide bonds. The van der Waals surface area contributed by atoms with Crippen LogP contribution in [-0.2, 0) is 0 Å². The minimum absolute atomic E-state index is 0.300. The molecular weight excluding hydrogens is 304 g/mol. The summed E-state index contributed by atoms with van der Waals surface area (Å²) in [6, 6.07) is 0.606. The molecule has 1 aliphatic rings. The molecule has 1 aromatic rings. The van der Waals surface area contributed by atoms with Gasteiger partial charge in [-0.15, -0.1) is 0 Å². The molecule has 0 bridgehead atoms. The molecule has 6 heteroatoms. The summed E-state index contributed by atoms with van der Waals surface area (Å²) in [5.74, 6) is 0.897. The van der Waals surface area contributed by atoms with E-state index in [4.69, 9.17) is 11.6 Å². The van der Waals surface area contributed by atoms with Gasteiger partial charge in [0, 0.05) is 38.4 Å². The van der Waals surface area contributed by atoms with Gasteiger partial charge in [0.05, 0.1) is 4.47 Å². The molecule has 2 rings (SSSR count). The van der Waals surface area contributed by atoms with Crippen LogP contribution >= 0.6 is 27.5 Å². The van der Waals surface area contributed by atoms with Crippen LogP contribution in [0.5, 0.6) is 0 Å². The van der Waals surface area contributed by atoms with Gasteiger partial charge in [0.25, 0.3) is 0 Å². The van der Waals surface area contributed by atoms with Crippen LogP contribution < -0.4 is 4.90 Å². The van der Waals surface area contributed by atoms with Crippen molar-refractivity contribution < 1.29 is 0 Å². The van der Waals surface area contributed by atoms with Gasteiger partial charge in [0.2, 0.25) is 5.28 Å². The van der Waals surface area contributed by atoms with Crippen molar-refractivity contribution in [2.75, 3.05) is 31.1 Å². The summed E-state index contributed by atoms with van der Waals surface area (Å²) in [5, 5.41) is 0.300. The second kappa shape index (κ2) is 5.50. The first-order chi connectivity index (χ1) is 8.08. The molecule has 1 saturated heterocycles. The lowest BCUT2D eigenvalue weighted by atomic mass is 10.2. The Morgan fingerprint density at radius 1 is 1.29 bits per heavy atom. The molecule has 0 aromatic carbocycles. The molecule has 0 saturated carbocycles. The molecule has 1 aromatic heterocycles. The van der Waals surface area contributed by atoms with Gasteiger partial charge in [-0.3, -0.25) is 4.90 Å². The van der Waals surface area contributed by atoms with Crippen LogP contribution in [0.25, 0.3) is 0 Å². The van der Waals surface area contributed by atoms with E-state index < -0.39 is 0 Å². The zero-order valence-electron chi connectivity index (χ0n) is 10.0. The molecule has 0 unspecified atom stereocenters. The third kappa shape index (κ3) is 3.09. The van der Waals surface area contributed by atoms with E-state index in [-0.39, 0.29) is 0 Å². The highest BCUT2D eigenvalue weighted by atomic mass is 79.9. The molecule has 1 fully saturated rings. The molecule has 0 N–H and O–H groups in total. The van der Waals surface area contributed by atoms with Gasteiger partial charge in [-0.1, -0.05) is 0 Å². The van der Waals surface area contributed by atoms with Crippen molar-refractivity contribution >= 4 is 33.3 Å². The average Bonchev–Trinajstić information content (AvgIpc) is 2.32. The fourth-order valence-electron chi connectivity index (χ4n) is 2.01. The van der Waals surface area contributed by atoms with E-state index in [1.807, 2.05) is 0 Å². The Morgan fingerprint density at radius 2 is 1.94 bits per heavy atom. The van der Waals surface area contributed by atoms with Crippen LogP contribution in [0, 0.1) is 0 Å². The molecular formula is C11H16BrClN4. The summed E-state index contributed by atoms with van der Waals surface area (Å²) in [6.45, 7) is 8.53. The first-order valence-electron chi connectivity index (χ1n) is 5.75. The third-order valence-corrected chi connectivity index (χ3v) is 3.78. The van der Waals surface area contributed by atoms with Crippen LogP contribution in [-0.4, -0.2) is 47.1 Å². The summed E-state index contributed by atoms with van der Waals surface area (Å²) >= 11 is 9.31. The third-order valence-electron chi connectivity index (χ3n) is 3.04. The number of piperazine rings is 1. The van der Waals surface area contributed by atoms with Gasteiger partial charge in [-0.05, 0) is 41.4 Å². The molecule has 0 radical (unpaired) electrons. The fraction of sp³-hybridized carbons (Fsp3) is 0.636. The maximum absolute atomic E-state index is 5.84. The van der Waals surface area contributed by atoms with Gasteiger partial charge in [-0.2, -0.15) is 4.98 Å². The topological polar surface area (TPSA) is 32.3 Å². The number of hydrogen-bond donors (Lipinski definition) is 0. The second-order valence-corrected chi connectivity index (χ2v) is 5.62. The highest BCUT2D eigenvalue weighted by molar-refractivity contribution is 9.10. The zero-order valence-corrected chi connectivity index (χ0v) is 12.4. The summed E-state index contributed by atoms with van der Waals surface area (Å²) < 4.78 is 0.903. The number of nitrogens with zero attached hydrogens (tertiary/aromatic N) is 4. The lowest BCUT2D eigenvalue weighted by Crippen LogP contribution is -2.49. The van der Waals surface area contributed by atoms with Crippen LogP contribution in [0.15, 0.2) is 10.7 Å². The minimum Gasteiger partial charge on any atom is -0.353 e. The normalized spacial score (nSPS) is 17.8. The number of rotatable bonds is 2. The number of aromatic nitrogens is 2. The molecule has 0 aliphatic carbocycles. The van der Waals surface area contributed by atoms with E-state index in [9.17, 15) is 0 Å². The predicted octanol–water partition coefficient (Wildman–Crippen LogP) is 2.42. The Hall–Kier alpha value is -0.390. The van der Waals surface area contributed by atoms with E-state index in [0.29, 0.717) is 11.3 Å². The van der Waals surface area contributed by atoms with E-state index in [1.54, 1.807) is 6.20 Å². The maximum Gasteiger partial charge on any atom is 0.224 e. The Kier molecular flexibility index (Phi) is 4.22. The van der Waals surface area contributed by atoms with Crippen LogP contribution in [0.2, 0.25) is 5.28 Å². The Balaban J connectivity index is 2.07. The lowest BCUT2D eigenvalue weighted by molar-refractivity contribution is 0.209. The highest BCUT2D eigenvalue weighted by Crippen LogP contribution is 2.25. The molecule has 4 nitrogen and oxygen atoms in total.